The number of nitrogens with one attached hydrogen (secondary N) is 2. The maximum atomic E-state index is 3.49. The van der Waals surface area contributed by atoms with Gasteiger partial charge in [0.15, 0.2) is 0 Å². The molecule has 68 valence electrons. The molecule has 11 heavy (non-hydrogen) atoms. The predicted octanol–water partition coefficient (Wildman–Crippen LogP) is 1.37. The van der Waals surface area contributed by atoms with Gasteiger partial charge in [-0.3, -0.25) is 0 Å². The molecule has 0 rings (SSSR count). The van der Waals surface area contributed by atoms with Crippen molar-refractivity contribution in [2.45, 2.75) is 39.7 Å². The molecule has 0 aromatic rings. The van der Waals surface area contributed by atoms with Crippen molar-refractivity contribution in [1.29, 1.82) is 0 Å². The van der Waals surface area contributed by atoms with E-state index in [0.717, 1.165) is 19.6 Å². The van der Waals surface area contributed by atoms with Crippen LogP contribution in [-0.4, -0.2) is 25.7 Å². The lowest BCUT2D eigenvalue weighted by molar-refractivity contribution is 0.478. The van der Waals surface area contributed by atoms with Crippen molar-refractivity contribution in [3.63, 3.8) is 0 Å². The van der Waals surface area contributed by atoms with Gasteiger partial charge in [-0.2, -0.15) is 0 Å². The lowest BCUT2D eigenvalue weighted by Gasteiger charge is -2.14. The van der Waals surface area contributed by atoms with Gasteiger partial charge in [0, 0.05) is 19.1 Å². The third kappa shape index (κ3) is 6.32. The van der Waals surface area contributed by atoms with E-state index in [4.69, 9.17) is 0 Å². The van der Waals surface area contributed by atoms with Gasteiger partial charge in [0.2, 0.25) is 0 Å². The first kappa shape index (κ1) is 10.9. The Hall–Kier alpha value is -0.0800. The maximum absolute atomic E-state index is 3.49. The number of hydrogen-bond donors (Lipinski definition) is 2. The molecule has 0 radical (unpaired) electrons. The summed E-state index contributed by atoms with van der Waals surface area (Å²) >= 11 is 0. The Morgan fingerprint density at radius 2 is 1.64 bits per heavy atom. The van der Waals surface area contributed by atoms with Gasteiger partial charge in [-0.25, -0.2) is 0 Å². The van der Waals surface area contributed by atoms with Crippen LogP contribution in [0.15, 0.2) is 0 Å². The van der Waals surface area contributed by atoms with E-state index in [9.17, 15) is 0 Å². The summed E-state index contributed by atoms with van der Waals surface area (Å²) in [4.78, 5) is 0. The lowest BCUT2D eigenvalue weighted by Crippen LogP contribution is -2.34. The average Bonchev–Trinajstić information content (AvgIpc) is 2.05. The van der Waals surface area contributed by atoms with Crippen LogP contribution < -0.4 is 10.6 Å². The van der Waals surface area contributed by atoms with Gasteiger partial charge in [-0.15, -0.1) is 0 Å². The quantitative estimate of drug-likeness (QED) is 0.547. The summed E-state index contributed by atoms with van der Waals surface area (Å²) in [6, 6.07) is 0.716. The van der Waals surface area contributed by atoms with Crippen LogP contribution in [0.5, 0.6) is 0 Å². The summed E-state index contributed by atoms with van der Waals surface area (Å²) in [6.45, 7) is 9.86. The lowest BCUT2D eigenvalue weighted by atomic mass is 10.2. The molecule has 0 aliphatic heterocycles. The van der Waals surface area contributed by atoms with Crippen molar-refractivity contribution in [3.05, 3.63) is 0 Å². The Bertz CT molecular complexity index is 70.0. The molecule has 0 amide bonds. The van der Waals surface area contributed by atoms with E-state index in [0.29, 0.717) is 6.04 Å². The summed E-state index contributed by atoms with van der Waals surface area (Å²) in [5.41, 5.74) is 0. The highest BCUT2D eigenvalue weighted by Gasteiger charge is 1.99. The highest BCUT2D eigenvalue weighted by atomic mass is 15.0. The Morgan fingerprint density at radius 1 is 1.00 bits per heavy atom. The Morgan fingerprint density at radius 3 is 2.09 bits per heavy atom. The fourth-order valence-corrected chi connectivity index (χ4v) is 1.12. The first-order chi connectivity index (χ1) is 5.35. The molecule has 0 heterocycles. The van der Waals surface area contributed by atoms with Gasteiger partial charge in [0.05, 0.1) is 0 Å². The molecular weight excluding hydrogens is 136 g/mol. The van der Waals surface area contributed by atoms with E-state index >= 15 is 0 Å². The molecule has 0 saturated carbocycles. The van der Waals surface area contributed by atoms with Crippen LogP contribution in [0.25, 0.3) is 0 Å². The van der Waals surface area contributed by atoms with Crippen LogP contribution >= 0.6 is 0 Å². The smallest absolute Gasteiger partial charge is 0.00793 e. The number of likely N-dealkylation sites (N-methyl/N-ethyl adjacent to an activating group) is 1. The molecule has 0 aromatic carbocycles. The zero-order valence-electron chi connectivity index (χ0n) is 8.11. The van der Waals surface area contributed by atoms with E-state index in [1.807, 2.05) is 0 Å². The van der Waals surface area contributed by atoms with Crippen molar-refractivity contribution in [2.75, 3.05) is 19.6 Å². The largest absolute Gasteiger partial charge is 0.316 e. The Balaban J connectivity index is 3.07. The van der Waals surface area contributed by atoms with Crippen LogP contribution in [0.3, 0.4) is 0 Å². The van der Waals surface area contributed by atoms with Gasteiger partial charge in [-0.1, -0.05) is 20.8 Å². The molecule has 0 atom stereocenters. The fourth-order valence-electron chi connectivity index (χ4n) is 1.12. The summed E-state index contributed by atoms with van der Waals surface area (Å²) in [5.74, 6) is 0. The van der Waals surface area contributed by atoms with Gasteiger partial charge in [-0.05, 0) is 19.4 Å². The third-order valence-corrected chi connectivity index (χ3v) is 1.97. The molecule has 0 aromatic heterocycles. The van der Waals surface area contributed by atoms with Gasteiger partial charge >= 0.3 is 0 Å². The molecule has 2 N–H and O–H groups in total. The summed E-state index contributed by atoms with van der Waals surface area (Å²) in [6.07, 6.45) is 2.48. The second-order valence-corrected chi connectivity index (χ2v) is 2.82. The molecule has 0 bridgehead atoms. The van der Waals surface area contributed by atoms with Gasteiger partial charge in [0.25, 0.3) is 0 Å². The highest BCUT2D eigenvalue weighted by molar-refractivity contribution is 4.62. The minimum Gasteiger partial charge on any atom is -0.316 e. The highest BCUT2D eigenvalue weighted by Crippen LogP contribution is 1.93. The standard InChI is InChI=1S/C9H22N2/c1-4-9(5-2)11-8-7-10-6-3/h9-11H,4-8H2,1-3H3. The molecule has 0 aliphatic carbocycles. The third-order valence-electron chi connectivity index (χ3n) is 1.97. The number of rotatable bonds is 7. The Kier molecular flexibility index (Phi) is 7.96. The minimum atomic E-state index is 0.716. The second kappa shape index (κ2) is 8.02. The van der Waals surface area contributed by atoms with Crippen LogP contribution in [0.1, 0.15) is 33.6 Å². The molecule has 2 nitrogen and oxygen atoms in total. The zero-order chi connectivity index (χ0) is 8.53. The van der Waals surface area contributed by atoms with E-state index in [1.54, 1.807) is 0 Å². The van der Waals surface area contributed by atoms with E-state index in [1.165, 1.54) is 12.8 Å². The molecule has 0 fully saturated rings. The first-order valence-corrected chi connectivity index (χ1v) is 4.79. The zero-order valence-corrected chi connectivity index (χ0v) is 8.11. The van der Waals surface area contributed by atoms with Crippen LogP contribution in [-0.2, 0) is 0 Å². The van der Waals surface area contributed by atoms with Crippen molar-refractivity contribution in [2.24, 2.45) is 0 Å². The van der Waals surface area contributed by atoms with Crippen molar-refractivity contribution >= 4 is 0 Å². The SMILES string of the molecule is CCNCCNC(CC)CC. The Labute approximate surface area is 70.8 Å². The van der Waals surface area contributed by atoms with Crippen molar-refractivity contribution in [1.82, 2.24) is 10.6 Å². The van der Waals surface area contributed by atoms with Gasteiger partial charge in [0.1, 0.15) is 0 Å². The minimum absolute atomic E-state index is 0.716. The molecule has 0 unspecified atom stereocenters. The van der Waals surface area contributed by atoms with Crippen LogP contribution in [0.4, 0.5) is 0 Å². The van der Waals surface area contributed by atoms with Crippen molar-refractivity contribution < 1.29 is 0 Å². The van der Waals surface area contributed by atoms with E-state index in [2.05, 4.69) is 31.4 Å². The fraction of sp³-hybridized carbons (Fsp3) is 1.00. The van der Waals surface area contributed by atoms with Crippen LogP contribution in [0, 0.1) is 0 Å². The van der Waals surface area contributed by atoms with Crippen molar-refractivity contribution in [3.8, 4) is 0 Å². The second-order valence-electron chi connectivity index (χ2n) is 2.82. The summed E-state index contributed by atoms with van der Waals surface area (Å²) < 4.78 is 0. The predicted molar refractivity (Wildman–Crippen MR) is 50.9 cm³/mol. The summed E-state index contributed by atoms with van der Waals surface area (Å²) in [5, 5.41) is 6.78. The van der Waals surface area contributed by atoms with E-state index in [-0.39, 0.29) is 0 Å². The van der Waals surface area contributed by atoms with Gasteiger partial charge < -0.3 is 10.6 Å². The molecular formula is C9H22N2. The maximum Gasteiger partial charge on any atom is 0.00793 e. The van der Waals surface area contributed by atoms with E-state index < -0.39 is 0 Å². The monoisotopic (exact) mass is 158 g/mol. The molecule has 0 saturated heterocycles. The first-order valence-electron chi connectivity index (χ1n) is 4.79. The topological polar surface area (TPSA) is 24.1 Å². The average molecular weight is 158 g/mol. The summed E-state index contributed by atoms with van der Waals surface area (Å²) in [7, 11) is 0. The number of hydrogen-bond acceptors (Lipinski definition) is 2. The van der Waals surface area contributed by atoms with Crippen LogP contribution in [0.2, 0.25) is 0 Å². The molecule has 2 heteroatoms. The molecule has 0 aliphatic rings. The normalized spacial score (nSPS) is 10.9. The molecule has 0 spiro atoms.